The molecule has 2 aromatic rings. The molecule has 0 aliphatic rings. The van der Waals surface area contributed by atoms with Crippen LogP contribution in [-0.4, -0.2) is 20.8 Å². The van der Waals surface area contributed by atoms with Gasteiger partial charge in [0.2, 0.25) is 0 Å². The van der Waals surface area contributed by atoms with E-state index in [4.69, 9.17) is 10.5 Å². The molecule has 2 N–H and O–H groups in total. The molecule has 0 aliphatic heterocycles. The van der Waals surface area contributed by atoms with Gasteiger partial charge < -0.3 is 10.5 Å². The van der Waals surface area contributed by atoms with Crippen molar-refractivity contribution < 1.29 is 4.74 Å². The summed E-state index contributed by atoms with van der Waals surface area (Å²) >= 11 is 3.53. The second-order valence-corrected chi connectivity index (χ2v) is 5.54. The number of benzene rings is 1. The van der Waals surface area contributed by atoms with Crippen molar-refractivity contribution in [1.29, 1.82) is 0 Å². The number of hydrogen-bond acceptors (Lipinski definition) is 4. The van der Waals surface area contributed by atoms with Crippen LogP contribution in [0.15, 0.2) is 29.0 Å². The van der Waals surface area contributed by atoms with Crippen LogP contribution in [0.4, 0.5) is 0 Å². The lowest BCUT2D eigenvalue weighted by molar-refractivity contribution is 0.284. The van der Waals surface area contributed by atoms with Gasteiger partial charge >= 0.3 is 0 Å². The fourth-order valence-corrected chi connectivity index (χ4v) is 2.41. The summed E-state index contributed by atoms with van der Waals surface area (Å²) in [7, 11) is 1.85. The van der Waals surface area contributed by atoms with E-state index < -0.39 is 0 Å². The molecule has 0 saturated heterocycles. The molecule has 0 fully saturated rings. The van der Waals surface area contributed by atoms with E-state index in [0.717, 1.165) is 34.5 Å². The molecule has 108 valence electrons. The van der Waals surface area contributed by atoms with Crippen molar-refractivity contribution in [2.45, 2.75) is 32.4 Å². The Morgan fingerprint density at radius 1 is 1.45 bits per heavy atom. The molecule has 1 atom stereocenters. The maximum Gasteiger partial charge on any atom is 0.164 e. The second-order valence-electron chi connectivity index (χ2n) is 4.69. The number of rotatable bonds is 6. The third-order valence-corrected chi connectivity index (χ3v) is 3.83. The first-order chi connectivity index (χ1) is 9.61. The molecule has 0 amide bonds. The number of para-hydroxylation sites is 1. The third-order valence-electron chi connectivity index (χ3n) is 3.21. The van der Waals surface area contributed by atoms with Crippen molar-refractivity contribution in [1.82, 2.24) is 14.8 Å². The highest BCUT2D eigenvalue weighted by atomic mass is 79.9. The molecule has 0 bridgehead atoms. The molecule has 0 radical (unpaired) electrons. The zero-order valence-corrected chi connectivity index (χ0v) is 13.3. The highest BCUT2D eigenvalue weighted by Crippen LogP contribution is 2.30. The van der Waals surface area contributed by atoms with Crippen molar-refractivity contribution in [3.05, 3.63) is 40.4 Å². The fraction of sp³-hybridized carbons (Fsp3) is 0.429. The number of hydrogen-bond donors (Lipinski definition) is 1. The van der Waals surface area contributed by atoms with Crippen LogP contribution >= 0.6 is 15.9 Å². The zero-order chi connectivity index (χ0) is 14.5. The number of ether oxygens (including phenoxy) is 1. The average Bonchev–Trinajstić information content (AvgIpc) is 2.83. The van der Waals surface area contributed by atoms with Crippen LogP contribution in [-0.2, 0) is 20.1 Å². The third kappa shape index (κ3) is 3.58. The molecule has 5 nitrogen and oxygen atoms in total. The summed E-state index contributed by atoms with van der Waals surface area (Å²) in [6.07, 6.45) is 3.26. The number of halogens is 1. The minimum Gasteiger partial charge on any atom is -0.484 e. The van der Waals surface area contributed by atoms with Gasteiger partial charge in [-0.3, -0.25) is 4.68 Å². The SMILES string of the molecule is CCC(N)Cc1cccc(Br)c1OCc1ncnn1C. The number of nitrogens with two attached hydrogens (primary N) is 1. The van der Waals surface area contributed by atoms with Crippen LogP contribution in [0.2, 0.25) is 0 Å². The topological polar surface area (TPSA) is 66.0 Å². The van der Waals surface area contributed by atoms with Gasteiger partial charge in [-0.05, 0) is 40.4 Å². The van der Waals surface area contributed by atoms with Gasteiger partial charge in [-0.25, -0.2) is 4.98 Å². The smallest absolute Gasteiger partial charge is 0.164 e. The van der Waals surface area contributed by atoms with E-state index in [1.807, 2.05) is 25.2 Å². The maximum atomic E-state index is 6.04. The summed E-state index contributed by atoms with van der Waals surface area (Å²) in [5.41, 5.74) is 7.15. The van der Waals surface area contributed by atoms with Crippen molar-refractivity contribution in [2.75, 3.05) is 0 Å². The molecule has 0 saturated carbocycles. The van der Waals surface area contributed by atoms with Crippen molar-refractivity contribution in [3.8, 4) is 5.75 Å². The van der Waals surface area contributed by atoms with Crippen LogP contribution in [0.25, 0.3) is 0 Å². The van der Waals surface area contributed by atoms with Crippen LogP contribution in [0.5, 0.6) is 5.75 Å². The van der Waals surface area contributed by atoms with Gasteiger partial charge in [0.15, 0.2) is 5.82 Å². The van der Waals surface area contributed by atoms with Crippen molar-refractivity contribution in [3.63, 3.8) is 0 Å². The lowest BCUT2D eigenvalue weighted by atomic mass is 10.0. The molecule has 1 heterocycles. The molecule has 0 spiro atoms. The summed E-state index contributed by atoms with van der Waals surface area (Å²) in [5, 5.41) is 4.03. The molecular formula is C14H19BrN4O. The van der Waals surface area contributed by atoms with Crippen LogP contribution in [0.3, 0.4) is 0 Å². The monoisotopic (exact) mass is 338 g/mol. The summed E-state index contributed by atoms with van der Waals surface area (Å²) < 4.78 is 8.55. The van der Waals surface area contributed by atoms with E-state index in [1.54, 1.807) is 4.68 Å². The summed E-state index contributed by atoms with van der Waals surface area (Å²) in [5.74, 6) is 1.62. The Labute approximate surface area is 127 Å². The van der Waals surface area contributed by atoms with Gasteiger partial charge in [0.1, 0.15) is 18.7 Å². The van der Waals surface area contributed by atoms with Crippen LogP contribution < -0.4 is 10.5 Å². The first-order valence-corrected chi connectivity index (χ1v) is 7.39. The minimum atomic E-state index is 0.140. The Bertz CT molecular complexity index is 570. The van der Waals surface area contributed by atoms with Crippen molar-refractivity contribution >= 4 is 15.9 Å². The van der Waals surface area contributed by atoms with E-state index in [9.17, 15) is 0 Å². The van der Waals surface area contributed by atoms with Gasteiger partial charge in [-0.1, -0.05) is 19.1 Å². The van der Waals surface area contributed by atoms with E-state index in [-0.39, 0.29) is 6.04 Å². The summed E-state index contributed by atoms with van der Waals surface area (Å²) in [6, 6.07) is 6.15. The standard InChI is InChI=1S/C14H19BrN4O/c1-3-11(16)7-10-5-4-6-12(15)14(10)20-8-13-17-9-18-19(13)2/h4-6,9,11H,3,7-8,16H2,1-2H3. The number of aryl methyl sites for hydroxylation is 1. The quantitative estimate of drug-likeness (QED) is 0.878. The number of aromatic nitrogens is 3. The highest BCUT2D eigenvalue weighted by molar-refractivity contribution is 9.10. The lowest BCUT2D eigenvalue weighted by Crippen LogP contribution is -2.21. The van der Waals surface area contributed by atoms with Gasteiger partial charge in [0.25, 0.3) is 0 Å². The van der Waals surface area contributed by atoms with Crippen molar-refractivity contribution in [2.24, 2.45) is 12.8 Å². The Kier molecular flexibility index (Phi) is 5.14. The minimum absolute atomic E-state index is 0.140. The molecule has 1 aromatic heterocycles. The Morgan fingerprint density at radius 3 is 2.90 bits per heavy atom. The van der Waals surface area contributed by atoms with E-state index in [0.29, 0.717) is 6.61 Å². The van der Waals surface area contributed by atoms with Crippen LogP contribution in [0.1, 0.15) is 24.7 Å². The predicted octanol–water partition coefficient (Wildman–Crippen LogP) is 2.44. The van der Waals surface area contributed by atoms with E-state index in [1.165, 1.54) is 6.33 Å². The molecular weight excluding hydrogens is 320 g/mol. The average molecular weight is 339 g/mol. The first-order valence-electron chi connectivity index (χ1n) is 6.60. The Morgan fingerprint density at radius 2 is 2.25 bits per heavy atom. The Hall–Kier alpha value is -1.40. The summed E-state index contributed by atoms with van der Waals surface area (Å²) in [4.78, 5) is 4.15. The lowest BCUT2D eigenvalue weighted by Gasteiger charge is -2.15. The molecule has 2 rings (SSSR count). The highest BCUT2D eigenvalue weighted by Gasteiger charge is 2.12. The molecule has 1 unspecified atom stereocenters. The fourth-order valence-electron chi connectivity index (χ4n) is 1.89. The Balaban J connectivity index is 2.15. The van der Waals surface area contributed by atoms with E-state index >= 15 is 0 Å². The van der Waals surface area contributed by atoms with Gasteiger partial charge in [0, 0.05) is 13.1 Å². The summed E-state index contributed by atoms with van der Waals surface area (Å²) in [6.45, 7) is 2.47. The largest absolute Gasteiger partial charge is 0.484 e. The van der Waals surface area contributed by atoms with Gasteiger partial charge in [-0.2, -0.15) is 5.10 Å². The van der Waals surface area contributed by atoms with Gasteiger partial charge in [0.05, 0.1) is 4.47 Å². The molecule has 20 heavy (non-hydrogen) atoms. The molecule has 0 aliphatic carbocycles. The van der Waals surface area contributed by atoms with Gasteiger partial charge in [-0.15, -0.1) is 0 Å². The molecule has 6 heteroatoms. The molecule has 1 aromatic carbocycles. The predicted molar refractivity (Wildman–Crippen MR) is 81.4 cm³/mol. The first kappa shape index (κ1) is 15.0. The van der Waals surface area contributed by atoms with E-state index in [2.05, 4.69) is 32.9 Å². The van der Waals surface area contributed by atoms with Crippen LogP contribution in [0, 0.1) is 0 Å². The second kappa shape index (κ2) is 6.85. The maximum absolute atomic E-state index is 6.04. The normalized spacial score (nSPS) is 12.4. The zero-order valence-electron chi connectivity index (χ0n) is 11.7. The number of nitrogens with zero attached hydrogens (tertiary/aromatic N) is 3.